The maximum absolute atomic E-state index is 12.3. The standard InChI is InChI=1S/C21H38N4O7/c1-15(26)16(9-6-8-14-23-18(27)10-5-4-7-13-22)24-21(30)25-17(20(29)32-3)11-12-19(28)31-2/h16-17H,4-14,22H2,1-3H3,(H,23,27)(H2,24,25,30)/t16-,17-/m0/s1. The lowest BCUT2D eigenvalue weighted by Crippen LogP contribution is -2.51. The predicted molar refractivity (Wildman–Crippen MR) is 118 cm³/mol. The number of nitrogens with one attached hydrogen (secondary N) is 3. The van der Waals surface area contributed by atoms with Crippen LogP contribution in [0.3, 0.4) is 0 Å². The van der Waals surface area contributed by atoms with Crippen molar-refractivity contribution in [1.29, 1.82) is 0 Å². The van der Waals surface area contributed by atoms with E-state index in [-0.39, 0.29) is 24.5 Å². The summed E-state index contributed by atoms with van der Waals surface area (Å²) in [6.07, 6.45) is 4.69. The van der Waals surface area contributed by atoms with Gasteiger partial charge in [0.25, 0.3) is 0 Å². The van der Waals surface area contributed by atoms with Crippen molar-refractivity contribution in [3.8, 4) is 0 Å². The van der Waals surface area contributed by atoms with Crippen LogP contribution in [0.4, 0.5) is 4.79 Å². The van der Waals surface area contributed by atoms with E-state index in [4.69, 9.17) is 5.73 Å². The first kappa shape index (κ1) is 29.3. The molecule has 0 aliphatic carbocycles. The van der Waals surface area contributed by atoms with Crippen molar-refractivity contribution >= 4 is 29.7 Å². The van der Waals surface area contributed by atoms with E-state index in [1.54, 1.807) is 0 Å². The largest absolute Gasteiger partial charge is 0.469 e. The summed E-state index contributed by atoms with van der Waals surface area (Å²) in [5, 5.41) is 7.81. The Balaban J connectivity index is 4.38. The number of urea groups is 1. The van der Waals surface area contributed by atoms with Gasteiger partial charge in [-0.1, -0.05) is 6.42 Å². The molecule has 0 saturated carbocycles. The molecule has 0 spiro atoms. The molecule has 3 amide bonds. The molecule has 184 valence electrons. The maximum Gasteiger partial charge on any atom is 0.328 e. The highest BCUT2D eigenvalue weighted by Gasteiger charge is 2.24. The van der Waals surface area contributed by atoms with E-state index in [1.807, 2.05) is 0 Å². The number of ketones is 1. The number of methoxy groups -OCH3 is 2. The van der Waals surface area contributed by atoms with Gasteiger partial charge in [-0.3, -0.25) is 14.4 Å². The van der Waals surface area contributed by atoms with Crippen LogP contribution in [0.2, 0.25) is 0 Å². The minimum Gasteiger partial charge on any atom is -0.469 e. The fraction of sp³-hybridized carbons (Fsp3) is 0.762. The number of nitrogens with two attached hydrogens (primary N) is 1. The van der Waals surface area contributed by atoms with Gasteiger partial charge in [-0.2, -0.15) is 0 Å². The van der Waals surface area contributed by atoms with Crippen molar-refractivity contribution in [3.05, 3.63) is 0 Å². The smallest absolute Gasteiger partial charge is 0.328 e. The van der Waals surface area contributed by atoms with Crippen LogP contribution in [0.25, 0.3) is 0 Å². The second-order valence-corrected chi connectivity index (χ2v) is 7.42. The molecule has 0 aliphatic rings. The third-order valence-corrected chi connectivity index (χ3v) is 4.80. The van der Waals surface area contributed by atoms with Crippen molar-refractivity contribution in [3.63, 3.8) is 0 Å². The van der Waals surface area contributed by atoms with E-state index in [1.165, 1.54) is 21.1 Å². The summed E-state index contributed by atoms with van der Waals surface area (Å²) >= 11 is 0. The van der Waals surface area contributed by atoms with Crippen LogP contribution in [0.5, 0.6) is 0 Å². The number of unbranched alkanes of at least 4 members (excludes halogenated alkanes) is 3. The Morgan fingerprint density at radius 2 is 1.50 bits per heavy atom. The third kappa shape index (κ3) is 14.3. The molecule has 0 saturated heterocycles. The molecule has 2 atom stereocenters. The minimum atomic E-state index is -1.05. The topological polar surface area (TPSA) is 166 Å². The second kappa shape index (κ2) is 17.9. The lowest BCUT2D eigenvalue weighted by atomic mass is 10.1. The van der Waals surface area contributed by atoms with Crippen LogP contribution < -0.4 is 21.7 Å². The van der Waals surface area contributed by atoms with Gasteiger partial charge in [0.05, 0.1) is 20.3 Å². The Kier molecular flexibility index (Phi) is 16.4. The quantitative estimate of drug-likeness (QED) is 0.181. The summed E-state index contributed by atoms with van der Waals surface area (Å²) in [4.78, 5) is 59.0. The third-order valence-electron chi connectivity index (χ3n) is 4.80. The summed E-state index contributed by atoms with van der Waals surface area (Å²) in [7, 11) is 2.40. The lowest BCUT2D eigenvalue weighted by Gasteiger charge is -2.20. The number of rotatable bonds is 17. The van der Waals surface area contributed by atoms with Gasteiger partial charge < -0.3 is 31.2 Å². The van der Waals surface area contributed by atoms with Gasteiger partial charge in [0.2, 0.25) is 5.91 Å². The van der Waals surface area contributed by atoms with E-state index < -0.39 is 30.1 Å². The van der Waals surface area contributed by atoms with Gasteiger partial charge in [-0.25, -0.2) is 9.59 Å². The molecular formula is C21H38N4O7. The number of carbonyl (C=O) groups is 5. The first-order valence-electron chi connectivity index (χ1n) is 10.9. The number of Topliss-reactive ketones (excluding diaryl/α,β-unsaturated/α-hetero) is 1. The highest BCUT2D eigenvalue weighted by molar-refractivity contribution is 5.89. The van der Waals surface area contributed by atoms with Crippen LogP contribution in [-0.4, -0.2) is 69.1 Å². The molecule has 32 heavy (non-hydrogen) atoms. The Bertz CT molecular complexity index is 613. The van der Waals surface area contributed by atoms with Gasteiger partial charge >= 0.3 is 18.0 Å². The molecule has 0 aromatic heterocycles. The maximum atomic E-state index is 12.3. The van der Waals surface area contributed by atoms with Crippen LogP contribution in [0.1, 0.15) is 64.7 Å². The Morgan fingerprint density at radius 3 is 2.09 bits per heavy atom. The summed E-state index contributed by atoms with van der Waals surface area (Å²) < 4.78 is 9.17. The van der Waals surface area contributed by atoms with Crippen molar-refractivity contribution in [2.45, 2.75) is 76.8 Å². The normalized spacial score (nSPS) is 12.2. The van der Waals surface area contributed by atoms with Gasteiger partial charge in [-0.15, -0.1) is 0 Å². The van der Waals surface area contributed by atoms with E-state index in [2.05, 4.69) is 25.4 Å². The zero-order chi connectivity index (χ0) is 24.4. The SMILES string of the molecule is COC(=O)CC[C@H](NC(=O)N[C@@H](CCCCNC(=O)CCCCCN)C(C)=O)C(=O)OC. The van der Waals surface area contributed by atoms with Gasteiger partial charge in [0.15, 0.2) is 5.78 Å². The van der Waals surface area contributed by atoms with E-state index in [0.717, 1.165) is 19.3 Å². The number of ether oxygens (including phenoxy) is 2. The highest BCUT2D eigenvalue weighted by atomic mass is 16.5. The van der Waals surface area contributed by atoms with E-state index in [9.17, 15) is 24.0 Å². The Labute approximate surface area is 189 Å². The number of hydrogen-bond acceptors (Lipinski definition) is 8. The van der Waals surface area contributed by atoms with Crippen molar-refractivity contribution in [1.82, 2.24) is 16.0 Å². The zero-order valence-corrected chi connectivity index (χ0v) is 19.4. The molecule has 11 nitrogen and oxygen atoms in total. The number of amides is 3. The van der Waals surface area contributed by atoms with Crippen LogP contribution in [0, 0.1) is 0 Å². The molecular weight excluding hydrogens is 420 g/mol. The Morgan fingerprint density at radius 1 is 0.812 bits per heavy atom. The molecule has 11 heteroatoms. The molecule has 0 unspecified atom stereocenters. The molecule has 0 radical (unpaired) electrons. The van der Waals surface area contributed by atoms with Gasteiger partial charge in [-0.05, 0) is 52.0 Å². The minimum absolute atomic E-state index is 0.00340. The van der Waals surface area contributed by atoms with Crippen molar-refractivity contribution in [2.24, 2.45) is 5.73 Å². The summed E-state index contributed by atoms with van der Waals surface area (Å²) in [6, 6.07) is -2.50. The second-order valence-electron chi connectivity index (χ2n) is 7.42. The molecule has 0 bridgehead atoms. The fourth-order valence-corrected chi connectivity index (χ4v) is 2.89. The number of hydrogen-bond donors (Lipinski definition) is 4. The van der Waals surface area contributed by atoms with Gasteiger partial charge in [0, 0.05) is 19.4 Å². The molecule has 0 aromatic carbocycles. The first-order valence-corrected chi connectivity index (χ1v) is 10.9. The zero-order valence-electron chi connectivity index (χ0n) is 19.4. The molecule has 0 rings (SSSR count). The molecule has 0 aromatic rings. The molecule has 0 heterocycles. The van der Waals surface area contributed by atoms with Crippen LogP contribution in [-0.2, 0) is 28.7 Å². The summed E-state index contributed by atoms with van der Waals surface area (Å²) in [5.74, 6) is -1.47. The Hall–Kier alpha value is -2.69. The average molecular weight is 459 g/mol. The van der Waals surface area contributed by atoms with Gasteiger partial charge in [0.1, 0.15) is 6.04 Å². The fourth-order valence-electron chi connectivity index (χ4n) is 2.89. The number of esters is 2. The molecule has 5 N–H and O–H groups in total. The first-order chi connectivity index (χ1) is 15.2. The van der Waals surface area contributed by atoms with E-state index in [0.29, 0.717) is 38.8 Å². The van der Waals surface area contributed by atoms with Crippen molar-refractivity contribution in [2.75, 3.05) is 27.3 Å². The average Bonchev–Trinajstić information content (AvgIpc) is 2.77. The predicted octanol–water partition coefficient (Wildman–Crippen LogP) is 0.544. The molecule has 0 aliphatic heterocycles. The van der Waals surface area contributed by atoms with E-state index >= 15 is 0 Å². The summed E-state index contributed by atoms with van der Waals surface area (Å²) in [6.45, 7) is 2.48. The monoisotopic (exact) mass is 458 g/mol. The summed E-state index contributed by atoms with van der Waals surface area (Å²) in [5.41, 5.74) is 5.42. The molecule has 0 fully saturated rings. The number of carbonyl (C=O) groups excluding carboxylic acids is 5. The van der Waals surface area contributed by atoms with Crippen molar-refractivity contribution < 1.29 is 33.4 Å². The highest BCUT2D eigenvalue weighted by Crippen LogP contribution is 2.05. The lowest BCUT2D eigenvalue weighted by molar-refractivity contribution is -0.144. The van der Waals surface area contributed by atoms with Crippen LogP contribution in [0.15, 0.2) is 0 Å². The van der Waals surface area contributed by atoms with Crippen LogP contribution >= 0.6 is 0 Å².